The van der Waals surface area contributed by atoms with Crippen molar-refractivity contribution in [1.82, 2.24) is 9.21 Å². The monoisotopic (exact) mass is 370 g/mol. The SMILES string of the molecule is CCOC(=O)CN(C)C(=O)c1ccc(S(=O)(=O)N2CCOCC2)cc1. The van der Waals surface area contributed by atoms with E-state index in [1.165, 1.54) is 40.5 Å². The van der Waals surface area contributed by atoms with E-state index in [2.05, 4.69) is 0 Å². The van der Waals surface area contributed by atoms with E-state index in [4.69, 9.17) is 9.47 Å². The van der Waals surface area contributed by atoms with E-state index < -0.39 is 16.0 Å². The number of benzene rings is 1. The number of rotatable bonds is 6. The standard InChI is InChI=1S/C16H22N2O6S/c1-3-24-15(19)12-17(2)16(20)13-4-6-14(7-5-13)25(21,22)18-8-10-23-11-9-18/h4-7H,3,8-12H2,1-2H3. The van der Waals surface area contributed by atoms with Crippen molar-refractivity contribution >= 4 is 21.9 Å². The number of nitrogens with zero attached hydrogens (tertiary/aromatic N) is 2. The van der Waals surface area contributed by atoms with E-state index in [-0.39, 0.29) is 24.0 Å². The fourth-order valence-corrected chi connectivity index (χ4v) is 3.81. The molecule has 2 rings (SSSR count). The number of morpholine rings is 1. The predicted octanol–water partition coefficient (Wildman–Crippen LogP) is 0.343. The Labute approximate surface area is 147 Å². The molecule has 1 aromatic rings. The molecule has 0 aromatic heterocycles. The van der Waals surface area contributed by atoms with Crippen LogP contribution >= 0.6 is 0 Å². The highest BCUT2D eigenvalue weighted by atomic mass is 32.2. The van der Waals surface area contributed by atoms with Gasteiger partial charge in [-0.1, -0.05) is 0 Å². The summed E-state index contributed by atoms with van der Waals surface area (Å²) in [6.45, 7) is 3.13. The molecule has 1 aliphatic rings. The first-order valence-electron chi connectivity index (χ1n) is 7.95. The molecule has 0 radical (unpaired) electrons. The molecule has 0 saturated carbocycles. The van der Waals surface area contributed by atoms with Gasteiger partial charge in [0.25, 0.3) is 5.91 Å². The molecular formula is C16H22N2O6S. The maximum absolute atomic E-state index is 12.5. The van der Waals surface area contributed by atoms with Gasteiger partial charge in [0, 0.05) is 25.7 Å². The van der Waals surface area contributed by atoms with Crippen LogP contribution < -0.4 is 0 Å². The third kappa shape index (κ3) is 4.77. The number of likely N-dealkylation sites (N-methyl/N-ethyl adjacent to an activating group) is 1. The number of hydrogen-bond acceptors (Lipinski definition) is 6. The highest BCUT2D eigenvalue weighted by Gasteiger charge is 2.26. The van der Waals surface area contributed by atoms with Crippen molar-refractivity contribution in [3.8, 4) is 0 Å². The average molecular weight is 370 g/mol. The minimum Gasteiger partial charge on any atom is -0.465 e. The summed E-state index contributed by atoms with van der Waals surface area (Å²) >= 11 is 0. The van der Waals surface area contributed by atoms with Gasteiger partial charge in [-0.2, -0.15) is 4.31 Å². The van der Waals surface area contributed by atoms with Gasteiger partial charge in [0.2, 0.25) is 10.0 Å². The molecule has 0 aliphatic carbocycles. The summed E-state index contributed by atoms with van der Waals surface area (Å²) in [7, 11) is -2.11. The quantitative estimate of drug-likeness (QED) is 0.671. The number of ether oxygens (including phenoxy) is 2. The Morgan fingerprint density at radius 1 is 1.20 bits per heavy atom. The lowest BCUT2D eigenvalue weighted by molar-refractivity contribution is -0.143. The minimum absolute atomic E-state index is 0.124. The molecule has 0 bridgehead atoms. The molecule has 0 atom stereocenters. The molecule has 8 nitrogen and oxygen atoms in total. The molecule has 9 heteroatoms. The van der Waals surface area contributed by atoms with E-state index in [0.717, 1.165) is 0 Å². The molecule has 138 valence electrons. The van der Waals surface area contributed by atoms with Crippen molar-refractivity contribution in [2.45, 2.75) is 11.8 Å². The smallest absolute Gasteiger partial charge is 0.325 e. The number of amides is 1. The molecule has 25 heavy (non-hydrogen) atoms. The van der Waals surface area contributed by atoms with Crippen LogP contribution in [0.3, 0.4) is 0 Å². The van der Waals surface area contributed by atoms with E-state index in [1.54, 1.807) is 6.92 Å². The maximum atomic E-state index is 12.5. The molecule has 1 aromatic carbocycles. The number of carbonyl (C=O) groups excluding carboxylic acids is 2. The fourth-order valence-electron chi connectivity index (χ4n) is 2.40. The normalized spacial score (nSPS) is 15.6. The summed E-state index contributed by atoms with van der Waals surface area (Å²) in [5.74, 6) is -0.881. The van der Waals surface area contributed by atoms with Crippen molar-refractivity contribution in [2.24, 2.45) is 0 Å². The van der Waals surface area contributed by atoms with Gasteiger partial charge in [0.05, 0.1) is 24.7 Å². The molecule has 0 N–H and O–H groups in total. The first-order valence-corrected chi connectivity index (χ1v) is 9.39. The lowest BCUT2D eigenvalue weighted by Crippen LogP contribution is -2.40. The summed E-state index contributed by atoms with van der Waals surface area (Å²) in [4.78, 5) is 25.1. The first-order chi connectivity index (χ1) is 11.9. The van der Waals surface area contributed by atoms with Crippen LogP contribution in [0, 0.1) is 0 Å². The predicted molar refractivity (Wildman–Crippen MR) is 89.6 cm³/mol. The van der Waals surface area contributed by atoms with Crippen LogP contribution in [0.25, 0.3) is 0 Å². The second-order valence-electron chi connectivity index (χ2n) is 5.51. The van der Waals surface area contributed by atoms with Crippen molar-refractivity contribution in [1.29, 1.82) is 0 Å². The minimum atomic E-state index is -3.60. The Hall–Kier alpha value is -1.97. The second kappa shape index (κ2) is 8.41. The van der Waals surface area contributed by atoms with Gasteiger partial charge >= 0.3 is 5.97 Å². The Bertz CT molecular complexity index is 711. The number of carbonyl (C=O) groups is 2. The summed E-state index contributed by atoms with van der Waals surface area (Å²) in [6.07, 6.45) is 0. The zero-order chi connectivity index (χ0) is 18.4. The molecular weight excluding hydrogens is 348 g/mol. The Balaban J connectivity index is 2.08. The second-order valence-corrected chi connectivity index (χ2v) is 7.45. The highest BCUT2D eigenvalue weighted by molar-refractivity contribution is 7.89. The maximum Gasteiger partial charge on any atom is 0.325 e. The van der Waals surface area contributed by atoms with Gasteiger partial charge in [-0.15, -0.1) is 0 Å². The summed E-state index contributed by atoms with van der Waals surface area (Å²) < 4.78 is 36.4. The van der Waals surface area contributed by atoms with E-state index >= 15 is 0 Å². The number of esters is 1. The zero-order valence-electron chi connectivity index (χ0n) is 14.3. The van der Waals surface area contributed by atoms with Gasteiger partial charge in [0.15, 0.2) is 0 Å². The molecule has 1 amide bonds. The lowest BCUT2D eigenvalue weighted by atomic mass is 10.2. The van der Waals surface area contributed by atoms with Crippen molar-refractivity contribution in [3.63, 3.8) is 0 Å². The number of sulfonamides is 1. The average Bonchev–Trinajstić information content (AvgIpc) is 2.62. The van der Waals surface area contributed by atoms with E-state index in [1.807, 2.05) is 0 Å². The van der Waals surface area contributed by atoms with Gasteiger partial charge in [-0.3, -0.25) is 9.59 Å². The van der Waals surface area contributed by atoms with Crippen LogP contribution in [0.4, 0.5) is 0 Å². The Morgan fingerprint density at radius 2 is 1.80 bits per heavy atom. The summed E-state index contributed by atoms with van der Waals surface area (Å²) in [5.41, 5.74) is 0.299. The summed E-state index contributed by atoms with van der Waals surface area (Å²) in [6, 6.07) is 5.68. The van der Waals surface area contributed by atoms with E-state index in [9.17, 15) is 18.0 Å². The van der Waals surface area contributed by atoms with Crippen LogP contribution in [-0.2, 0) is 24.3 Å². The van der Waals surface area contributed by atoms with Crippen LogP contribution in [0.5, 0.6) is 0 Å². The van der Waals surface area contributed by atoms with Gasteiger partial charge in [-0.25, -0.2) is 8.42 Å². The van der Waals surface area contributed by atoms with Crippen LogP contribution in [-0.4, -0.2) is 76.0 Å². The molecule has 1 fully saturated rings. The molecule has 1 aliphatic heterocycles. The third-order valence-electron chi connectivity index (χ3n) is 3.73. The third-order valence-corrected chi connectivity index (χ3v) is 5.64. The first kappa shape index (κ1) is 19.4. The largest absolute Gasteiger partial charge is 0.465 e. The van der Waals surface area contributed by atoms with Gasteiger partial charge < -0.3 is 14.4 Å². The van der Waals surface area contributed by atoms with Gasteiger partial charge in [-0.05, 0) is 31.2 Å². The van der Waals surface area contributed by atoms with Crippen molar-refractivity contribution in [3.05, 3.63) is 29.8 Å². The Morgan fingerprint density at radius 3 is 2.36 bits per heavy atom. The molecule has 0 spiro atoms. The van der Waals surface area contributed by atoms with Crippen LogP contribution in [0.1, 0.15) is 17.3 Å². The lowest BCUT2D eigenvalue weighted by Gasteiger charge is -2.26. The topological polar surface area (TPSA) is 93.2 Å². The molecule has 1 heterocycles. The van der Waals surface area contributed by atoms with Gasteiger partial charge in [0.1, 0.15) is 6.54 Å². The molecule has 1 saturated heterocycles. The van der Waals surface area contributed by atoms with E-state index in [0.29, 0.717) is 31.9 Å². The van der Waals surface area contributed by atoms with Crippen molar-refractivity contribution < 1.29 is 27.5 Å². The zero-order valence-corrected chi connectivity index (χ0v) is 15.1. The van der Waals surface area contributed by atoms with Crippen LogP contribution in [0.2, 0.25) is 0 Å². The fraction of sp³-hybridized carbons (Fsp3) is 0.500. The summed E-state index contributed by atoms with van der Waals surface area (Å²) in [5, 5.41) is 0. The highest BCUT2D eigenvalue weighted by Crippen LogP contribution is 2.18. The molecule has 0 unspecified atom stereocenters. The van der Waals surface area contributed by atoms with Crippen molar-refractivity contribution in [2.75, 3.05) is 46.5 Å². The number of hydrogen-bond donors (Lipinski definition) is 0. The van der Waals surface area contributed by atoms with Crippen LogP contribution in [0.15, 0.2) is 29.2 Å². The Kier molecular flexibility index (Phi) is 6.51.